The smallest absolute Gasteiger partial charge is 0.463 e. The molecule has 2 unspecified atom stereocenters. The maximum absolute atomic E-state index is 12.1. The summed E-state index contributed by atoms with van der Waals surface area (Å²) >= 11 is 0. The van der Waals surface area contributed by atoms with Crippen LogP contribution in [-0.4, -0.2) is 54.3 Å². The van der Waals surface area contributed by atoms with Gasteiger partial charge in [-0.2, -0.15) is 0 Å². The van der Waals surface area contributed by atoms with E-state index in [-0.39, 0.29) is 32.1 Å². The molecule has 0 saturated heterocycles. The number of esters is 1. The second kappa shape index (κ2) is 44.7. The first-order chi connectivity index (χ1) is 28.8. The van der Waals surface area contributed by atoms with E-state index in [1.807, 2.05) is 0 Å². The number of ether oxygens (including phenoxy) is 1. The first-order valence-corrected chi connectivity index (χ1v) is 24.6. The molecule has 0 rings (SSSR count). The van der Waals surface area contributed by atoms with Gasteiger partial charge in [0.1, 0.15) is 12.7 Å². The van der Waals surface area contributed by atoms with Crippen molar-refractivity contribution in [2.75, 3.05) is 26.4 Å². The van der Waals surface area contributed by atoms with Crippen LogP contribution in [0, 0.1) is 0 Å². The summed E-state index contributed by atoms with van der Waals surface area (Å²) in [4.78, 5) is 34.0. The van der Waals surface area contributed by atoms with Gasteiger partial charge in [-0.25, -0.2) is 4.57 Å². The molecule has 0 aromatic rings. The molecule has 0 saturated carbocycles. The van der Waals surface area contributed by atoms with E-state index in [2.05, 4.69) is 104 Å². The van der Waals surface area contributed by atoms with E-state index in [0.29, 0.717) is 6.42 Å². The van der Waals surface area contributed by atoms with Gasteiger partial charge in [-0.15, -0.1) is 0 Å². The number of nitrogens with one attached hydrogen (secondary N) is 1. The summed E-state index contributed by atoms with van der Waals surface area (Å²) in [5.74, 6) is -0.570. The Labute approximate surface area is 360 Å². The fourth-order valence-electron chi connectivity index (χ4n) is 5.85. The maximum atomic E-state index is 12.1. The topological polar surface area (TPSA) is 131 Å². The van der Waals surface area contributed by atoms with Gasteiger partial charge in [0.25, 0.3) is 0 Å². The number of aliphatic hydroxyl groups is 1. The number of phosphoric acid groups is 1. The van der Waals surface area contributed by atoms with Crippen molar-refractivity contribution in [2.45, 2.75) is 187 Å². The van der Waals surface area contributed by atoms with Crippen molar-refractivity contribution >= 4 is 19.7 Å². The molecule has 3 N–H and O–H groups in total. The minimum Gasteiger partial charge on any atom is -0.463 e. The van der Waals surface area contributed by atoms with Crippen LogP contribution < -0.4 is 5.32 Å². The molecule has 0 aliphatic heterocycles. The van der Waals surface area contributed by atoms with Crippen molar-refractivity contribution < 1.29 is 37.9 Å². The lowest BCUT2D eigenvalue weighted by Gasteiger charge is -2.15. The normalized spacial score (nSPS) is 14.0. The molecule has 10 heteroatoms. The van der Waals surface area contributed by atoms with Crippen LogP contribution in [0.5, 0.6) is 0 Å². The van der Waals surface area contributed by atoms with Gasteiger partial charge in [0, 0.05) is 19.4 Å². The molecule has 0 aliphatic carbocycles. The van der Waals surface area contributed by atoms with Crippen LogP contribution in [0.3, 0.4) is 0 Å². The van der Waals surface area contributed by atoms with E-state index in [9.17, 15) is 24.2 Å². The zero-order valence-corrected chi connectivity index (χ0v) is 38.1. The van der Waals surface area contributed by atoms with Crippen LogP contribution in [-0.2, 0) is 27.9 Å². The summed E-state index contributed by atoms with van der Waals surface area (Å²) in [6, 6.07) is 0. The molecule has 2 atom stereocenters. The zero-order valence-electron chi connectivity index (χ0n) is 37.2. The van der Waals surface area contributed by atoms with Crippen molar-refractivity contribution in [3.05, 3.63) is 85.1 Å². The van der Waals surface area contributed by atoms with Crippen molar-refractivity contribution in [1.29, 1.82) is 0 Å². The summed E-state index contributed by atoms with van der Waals surface area (Å²) in [5.41, 5.74) is 0. The first-order valence-electron chi connectivity index (χ1n) is 23.1. The number of unbranched alkanes of at least 4 members (excludes halogenated alkanes) is 15. The largest absolute Gasteiger partial charge is 0.472 e. The molecule has 0 spiro atoms. The highest BCUT2D eigenvalue weighted by atomic mass is 31.2. The number of carbonyl (C=O) groups excluding carboxylic acids is 2. The Balaban J connectivity index is 3.69. The Kier molecular flexibility index (Phi) is 42.6. The van der Waals surface area contributed by atoms with Crippen LogP contribution in [0.25, 0.3) is 0 Å². The van der Waals surface area contributed by atoms with Gasteiger partial charge in [-0.1, -0.05) is 163 Å². The molecular formula is C49H84NO8P. The Morgan fingerprint density at radius 2 is 0.966 bits per heavy atom. The summed E-state index contributed by atoms with van der Waals surface area (Å²) in [6.07, 6.45) is 56.6. The first kappa shape index (κ1) is 56.2. The summed E-state index contributed by atoms with van der Waals surface area (Å²) < 4.78 is 26.9. The fourth-order valence-corrected chi connectivity index (χ4v) is 6.60. The van der Waals surface area contributed by atoms with Gasteiger partial charge in [0.15, 0.2) is 0 Å². The van der Waals surface area contributed by atoms with Crippen molar-refractivity contribution in [3.63, 3.8) is 0 Å². The molecule has 338 valence electrons. The molecule has 9 nitrogen and oxygen atoms in total. The number of amides is 1. The van der Waals surface area contributed by atoms with E-state index in [4.69, 9.17) is 13.8 Å². The molecule has 0 fully saturated rings. The third-order valence-corrected chi connectivity index (χ3v) is 10.3. The SMILES string of the molecule is CC/C=C\C/C=C\C/C=C\C/C=C\C/C=C\C/C=C\CCCCC(=O)NCCOP(=O)(O)OCC(O)COC(=O)CCCCCCCCC/C=C\CCCCCCCC. The lowest BCUT2D eigenvalue weighted by atomic mass is 10.1. The van der Waals surface area contributed by atoms with E-state index < -0.39 is 26.5 Å². The Morgan fingerprint density at radius 1 is 0.542 bits per heavy atom. The third-order valence-electron chi connectivity index (χ3n) is 9.31. The highest BCUT2D eigenvalue weighted by Crippen LogP contribution is 2.42. The molecule has 59 heavy (non-hydrogen) atoms. The standard InChI is InChI=1S/C49H84NO8P/c1-3-5-7-9-11-13-15-17-19-21-22-23-24-26-27-29-31-33-35-37-39-41-48(52)50-43-44-57-59(54,55)58-46-47(51)45-56-49(53)42-40-38-36-34-32-30-28-25-20-18-16-14-12-10-8-6-4-2/h5,7,11,13,17-20,22-23,26-27,31,33,47,51H,3-4,6,8-10,12,14-16,21,24-25,28-30,32,34-46H2,1-2H3,(H,50,52)(H,54,55)/b7-5-,13-11-,19-17-,20-18-,23-22-,27-26-,33-31-. The van der Waals surface area contributed by atoms with E-state index in [1.165, 1.54) is 64.2 Å². The number of aliphatic hydroxyl groups excluding tert-OH is 1. The molecule has 0 bridgehead atoms. The summed E-state index contributed by atoms with van der Waals surface area (Å²) in [7, 11) is -4.44. The van der Waals surface area contributed by atoms with Crippen LogP contribution in [0.2, 0.25) is 0 Å². The fraction of sp³-hybridized carbons (Fsp3) is 0.673. The van der Waals surface area contributed by atoms with E-state index in [0.717, 1.165) is 89.9 Å². The lowest BCUT2D eigenvalue weighted by molar-refractivity contribution is -0.147. The molecule has 1 amide bonds. The van der Waals surface area contributed by atoms with Gasteiger partial charge in [0.2, 0.25) is 5.91 Å². The van der Waals surface area contributed by atoms with Crippen molar-refractivity contribution in [2.24, 2.45) is 0 Å². The quantitative estimate of drug-likeness (QED) is 0.0240. The van der Waals surface area contributed by atoms with Gasteiger partial charge in [0.05, 0.1) is 13.2 Å². The Bertz CT molecular complexity index is 1240. The van der Waals surface area contributed by atoms with Gasteiger partial charge in [-0.3, -0.25) is 18.6 Å². The number of phosphoric ester groups is 1. The minimum absolute atomic E-state index is 0.0526. The highest BCUT2D eigenvalue weighted by Gasteiger charge is 2.23. The van der Waals surface area contributed by atoms with Crippen LogP contribution >= 0.6 is 7.82 Å². The minimum atomic E-state index is -4.44. The number of carbonyl (C=O) groups is 2. The van der Waals surface area contributed by atoms with E-state index in [1.54, 1.807) is 0 Å². The molecule has 0 aromatic carbocycles. The number of hydrogen-bond donors (Lipinski definition) is 3. The average molecular weight is 846 g/mol. The maximum Gasteiger partial charge on any atom is 0.472 e. The van der Waals surface area contributed by atoms with Crippen molar-refractivity contribution in [1.82, 2.24) is 5.32 Å². The lowest BCUT2D eigenvalue weighted by Crippen LogP contribution is -2.27. The number of allylic oxidation sites excluding steroid dienone is 14. The summed E-state index contributed by atoms with van der Waals surface area (Å²) in [6.45, 7) is 3.37. The van der Waals surface area contributed by atoms with E-state index >= 15 is 0 Å². The van der Waals surface area contributed by atoms with Gasteiger partial charge in [-0.05, 0) is 89.9 Å². The Morgan fingerprint density at radius 3 is 1.49 bits per heavy atom. The van der Waals surface area contributed by atoms with Crippen molar-refractivity contribution in [3.8, 4) is 0 Å². The van der Waals surface area contributed by atoms with Crippen LogP contribution in [0.15, 0.2) is 85.1 Å². The molecule has 0 radical (unpaired) electrons. The predicted molar refractivity (Wildman–Crippen MR) is 247 cm³/mol. The molecule has 0 aliphatic rings. The number of rotatable bonds is 42. The third kappa shape index (κ3) is 46.1. The zero-order chi connectivity index (χ0) is 43.2. The van der Waals surface area contributed by atoms with Crippen LogP contribution in [0.4, 0.5) is 0 Å². The van der Waals surface area contributed by atoms with Gasteiger partial charge >= 0.3 is 13.8 Å². The Hall–Kier alpha value is -2.81. The predicted octanol–water partition coefficient (Wildman–Crippen LogP) is 13.2. The van der Waals surface area contributed by atoms with Crippen LogP contribution in [0.1, 0.15) is 181 Å². The molecule has 0 heterocycles. The monoisotopic (exact) mass is 846 g/mol. The highest BCUT2D eigenvalue weighted by molar-refractivity contribution is 7.47. The molecule has 0 aromatic heterocycles. The summed E-state index contributed by atoms with van der Waals surface area (Å²) in [5, 5.41) is 12.7. The average Bonchev–Trinajstić information content (AvgIpc) is 3.22. The second-order valence-corrected chi connectivity index (χ2v) is 16.4. The molecular weight excluding hydrogens is 762 g/mol. The second-order valence-electron chi connectivity index (χ2n) is 15.0. The number of hydrogen-bond acceptors (Lipinski definition) is 7. The van der Waals surface area contributed by atoms with Gasteiger partial charge < -0.3 is 20.1 Å².